The molecule has 0 bridgehead atoms. The summed E-state index contributed by atoms with van der Waals surface area (Å²) in [5, 5.41) is 23.9. The number of benzene rings is 3. The van der Waals surface area contributed by atoms with E-state index in [-0.39, 0.29) is 31.0 Å². The van der Waals surface area contributed by atoms with Crippen molar-refractivity contribution in [3.63, 3.8) is 0 Å². The highest BCUT2D eigenvalue weighted by molar-refractivity contribution is 5.88. The van der Waals surface area contributed by atoms with Crippen molar-refractivity contribution in [3.05, 3.63) is 83.4 Å². The lowest BCUT2D eigenvalue weighted by Gasteiger charge is -2.22. The highest BCUT2D eigenvalue weighted by Gasteiger charge is 2.38. The summed E-state index contributed by atoms with van der Waals surface area (Å²) in [5.74, 6) is -1.85. The number of hydrogen-bond donors (Lipinski definition) is 5. The lowest BCUT2D eigenvalue weighted by molar-refractivity contribution is -0.192. The summed E-state index contributed by atoms with van der Waals surface area (Å²) in [7, 11) is 0. The number of nitrogens with one attached hydrogen (secondary N) is 3. The molecule has 1 atom stereocenters. The van der Waals surface area contributed by atoms with Crippen LogP contribution in [0.25, 0.3) is 0 Å². The topological polar surface area (TPSA) is 173 Å². The molecular formula is C32H36F3N3O9. The van der Waals surface area contributed by atoms with Crippen LogP contribution in [0.2, 0.25) is 0 Å². The third-order valence-electron chi connectivity index (χ3n) is 5.75. The fourth-order valence-electron chi connectivity index (χ4n) is 3.82. The van der Waals surface area contributed by atoms with Crippen molar-refractivity contribution in [2.45, 2.75) is 59.2 Å². The predicted octanol–water partition coefficient (Wildman–Crippen LogP) is 5.67. The number of anilines is 1. The first kappa shape index (κ1) is 37.7. The fourth-order valence-corrected chi connectivity index (χ4v) is 3.82. The first-order valence-corrected chi connectivity index (χ1v) is 14.2. The van der Waals surface area contributed by atoms with E-state index in [1.807, 2.05) is 26.8 Å². The second kappa shape index (κ2) is 17.9. The van der Waals surface area contributed by atoms with Crippen molar-refractivity contribution in [2.24, 2.45) is 0 Å². The van der Waals surface area contributed by atoms with Crippen LogP contribution in [0.1, 0.15) is 50.5 Å². The van der Waals surface area contributed by atoms with Crippen LogP contribution < -0.4 is 30.2 Å². The maximum atomic E-state index is 13.5. The van der Waals surface area contributed by atoms with Gasteiger partial charge in [-0.25, -0.2) is 9.59 Å². The zero-order chi connectivity index (χ0) is 35.1. The van der Waals surface area contributed by atoms with E-state index in [9.17, 15) is 27.6 Å². The van der Waals surface area contributed by atoms with Crippen LogP contribution in [-0.4, -0.2) is 53.0 Å². The van der Waals surface area contributed by atoms with E-state index in [0.29, 0.717) is 35.1 Å². The molecule has 5 N–H and O–H groups in total. The molecule has 15 heteroatoms. The number of carboxylic acids is 1. The van der Waals surface area contributed by atoms with Gasteiger partial charge in [0.1, 0.15) is 5.75 Å². The molecule has 3 aromatic rings. The summed E-state index contributed by atoms with van der Waals surface area (Å²) in [6, 6.07) is 19.2. The minimum Gasteiger partial charge on any atom is -0.490 e. The Hall–Kier alpha value is -5.47. The smallest absolute Gasteiger partial charge is 0.490 e. The molecule has 0 heterocycles. The number of alkyl halides is 3. The fraction of sp³-hybridized carbons (Fsp3) is 0.312. The zero-order valence-electron chi connectivity index (χ0n) is 26.0. The van der Waals surface area contributed by atoms with Crippen molar-refractivity contribution in [2.75, 3.05) is 11.9 Å². The molecule has 0 aromatic heterocycles. The molecule has 0 saturated carbocycles. The molecule has 0 aliphatic rings. The van der Waals surface area contributed by atoms with Gasteiger partial charge in [0, 0.05) is 31.3 Å². The van der Waals surface area contributed by atoms with E-state index in [0.717, 1.165) is 11.1 Å². The molecule has 0 aliphatic heterocycles. The van der Waals surface area contributed by atoms with E-state index >= 15 is 0 Å². The molecular weight excluding hydrogens is 627 g/mol. The van der Waals surface area contributed by atoms with Gasteiger partial charge in [0.25, 0.3) is 5.91 Å². The minimum atomic E-state index is -5.08. The normalized spacial score (nSPS) is 11.3. The number of amides is 3. The number of hydrogen-bond acceptors (Lipinski definition) is 7. The van der Waals surface area contributed by atoms with Crippen LogP contribution in [0.5, 0.6) is 17.2 Å². The molecule has 3 amide bonds. The van der Waals surface area contributed by atoms with Gasteiger partial charge in [0.2, 0.25) is 12.0 Å². The van der Waals surface area contributed by atoms with E-state index < -0.39 is 24.3 Å². The molecule has 254 valence electrons. The number of carbonyl (C=O) groups is 4. The van der Waals surface area contributed by atoms with Crippen molar-refractivity contribution in [1.29, 1.82) is 0 Å². The maximum absolute atomic E-state index is 13.5. The molecule has 47 heavy (non-hydrogen) atoms. The summed E-state index contributed by atoms with van der Waals surface area (Å²) in [5.41, 5.74) is 2.72. The molecule has 0 spiro atoms. The monoisotopic (exact) mass is 663 g/mol. The van der Waals surface area contributed by atoms with E-state index in [4.69, 9.17) is 29.2 Å². The number of ether oxygens (including phenoxy) is 3. The van der Waals surface area contributed by atoms with Gasteiger partial charge in [-0.2, -0.15) is 13.2 Å². The maximum Gasteiger partial charge on any atom is 0.490 e. The predicted molar refractivity (Wildman–Crippen MR) is 164 cm³/mol. The van der Waals surface area contributed by atoms with Gasteiger partial charge in [0.15, 0.2) is 11.5 Å². The Morgan fingerprint density at radius 1 is 0.830 bits per heavy atom. The SMILES string of the molecule is CCOc1cc(C(Oc2ccc(CNC(=O)O)cc2)C(=O)NCc2cccc(NC(C)=O)c2)ccc1OC(C)C.O=C(O)C(F)(F)F. The summed E-state index contributed by atoms with van der Waals surface area (Å²) >= 11 is 0. The number of carboxylic acid groups (broad SMARTS) is 2. The number of halogens is 3. The quantitative estimate of drug-likeness (QED) is 0.155. The summed E-state index contributed by atoms with van der Waals surface area (Å²) < 4.78 is 49.6. The Bertz CT molecular complexity index is 1510. The van der Waals surface area contributed by atoms with Crippen LogP contribution in [0.4, 0.5) is 23.7 Å². The van der Waals surface area contributed by atoms with Crippen LogP contribution in [0.3, 0.4) is 0 Å². The first-order chi connectivity index (χ1) is 22.1. The van der Waals surface area contributed by atoms with Gasteiger partial charge in [-0.3, -0.25) is 9.59 Å². The Kier molecular flexibility index (Phi) is 14.3. The van der Waals surface area contributed by atoms with Crippen LogP contribution in [0.15, 0.2) is 66.7 Å². The van der Waals surface area contributed by atoms with Crippen LogP contribution in [0, 0.1) is 0 Å². The average Bonchev–Trinajstić information content (AvgIpc) is 2.99. The molecule has 1 unspecified atom stereocenters. The van der Waals surface area contributed by atoms with Crippen LogP contribution in [-0.2, 0) is 27.5 Å². The van der Waals surface area contributed by atoms with E-state index in [1.165, 1.54) is 6.92 Å². The lowest BCUT2D eigenvalue weighted by Crippen LogP contribution is -2.32. The Labute approximate surface area is 268 Å². The Balaban J connectivity index is 0.000000984. The largest absolute Gasteiger partial charge is 0.490 e. The standard InChI is InChI=1S/C30H35N3O7.C2HF3O2/c1-5-38-27-16-23(11-14-26(27)39-19(2)3)28(40-25-12-9-21(10-13-25)17-32-30(36)37)29(35)31-18-22-7-6-8-24(15-22)33-20(4)34;3-2(4,5)1(6)7/h6-16,19,28,32H,5,17-18H2,1-4H3,(H,31,35)(H,33,34)(H,36,37);(H,6,7). The Morgan fingerprint density at radius 3 is 2.02 bits per heavy atom. The van der Waals surface area contributed by atoms with Gasteiger partial charge in [-0.1, -0.05) is 30.3 Å². The second-order valence-corrected chi connectivity index (χ2v) is 10.0. The van der Waals surface area contributed by atoms with Crippen molar-refractivity contribution < 1.29 is 56.8 Å². The van der Waals surface area contributed by atoms with E-state index in [2.05, 4.69) is 16.0 Å². The lowest BCUT2D eigenvalue weighted by atomic mass is 10.1. The van der Waals surface area contributed by atoms with Gasteiger partial charge in [-0.05, 0) is 68.3 Å². The molecule has 12 nitrogen and oxygen atoms in total. The highest BCUT2D eigenvalue weighted by Crippen LogP contribution is 2.33. The average molecular weight is 664 g/mol. The molecule has 3 rings (SSSR count). The minimum absolute atomic E-state index is 0.0669. The highest BCUT2D eigenvalue weighted by atomic mass is 19.4. The number of carbonyl (C=O) groups excluding carboxylic acids is 2. The number of aliphatic carboxylic acids is 1. The van der Waals surface area contributed by atoms with Gasteiger partial charge in [-0.15, -0.1) is 0 Å². The van der Waals surface area contributed by atoms with Crippen molar-refractivity contribution in [3.8, 4) is 17.2 Å². The zero-order valence-corrected chi connectivity index (χ0v) is 26.0. The summed E-state index contributed by atoms with van der Waals surface area (Å²) in [4.78, 5) is 44.6. The summed E-state index contributed by atoms with van der Waals surface area (Å²) in [6.07, 6.45) is -7.30. The van der Waals surface area contributed by atoms with Gasteiger partial charge >= 0.3 is 18.2 Å². The van der Waals surface area contributed by atoms with Crippen molar-refractivity contribution >= 4 is 29.6 Å². The third-order valence-corrected chi connectivity index (χ3v) is 5.75. The van der Waals surface area contributed by atoms with Gasteiger partial charge < -0.3 is 40.4 Å². The molecule has 0 aliphatic carbocycles. The number of rotatable bonds is 13. The van der Waals surface area contributed by atoms with Crippen molar-refractivity contribution in [1.82, 2.24) is 10.6 Å². The summed E-state index contributed by atoms with van der Waals surface area (Å²) in [6.45, 7) is 7.89. The molecule has 0 fully saturated rings. The first-order valence-electron chi connectivity index (χ1n) is 14.2. The van der Waals surface area contributed by atoms with Crippen LogP contribution >= 0.6 is 0 Å². The van der Waals surface area contributed by atoms with E-state index in [1.54, 1.807) is 60.7 Å². The molecule has 3 aromatic carbocycles. The third kappa shape index (κ3) is 13.6. The Morgan fingerprint density at radius 2 is 1.47 bits per heavy atom. The molecule has 0 radical (unpaired) electrons. The molecule has 0 saturated heterocycles. The van der Waals surface area contributed by atoms with Gasteiger partial charge in [0.05, 0.1) is 12.7 Å². The second-order valence-electron chi connectivity index (χ2n) is 10.0.